The number of carboxylic acids is 1. The molecule has 0 atom stereocenters. The van der Waals surface area contributed by atoms with Crippen LogP contribution in [0.2, 0.25) is 0 Å². The summed E-state index contributed by atoms with van der Waals surface area (Å²) in [6.45, 7) is 8.17. The van der Waals surface area contributed by atoms with E-state index in [1.165, 1.54) is 12.8 Å². The average Bonchev–Trinajstić information content (AvgIpc) is 2.97. The second-order valence-electron chi connectivity index (χ2n) is 7.43. The van der Waals surface area contributed by atoms with Gasteiger partial charge < -0.3 is 5.11 Å². The number of carboxylic acid groups (broad SMARTS) is 1. The van der Waals surface area contributed by atoms with Gasteiger partial charge in [-0.3, -0.25) is 4.79 Å². The fourth-order valence-electron chi connectivity index (χ4n) is 3.49. The SMILES string of the molecule is CC(C)CC1(c2nnnn2CC(C)(C)C(=O)O)CCCC1. The molecule has 1 saturated carbocycles. The molecular formula is C15H26N4O2. The first-order valence-electron chi connectivity index (χ1n) is 7.77. The van der Waals surface area contributed by atoms with Crippen LogP contribution in [0.4, 0.5) is 0 Å². The lowest BCUT2D eigenvalue weighted by molar-refractivity contribution is -0.147. The summed E-state index contributed by atoms with van der Waals surface area (Å²) in [5.74, 6) is 0.622. The topological polar surface area (TPSA) is 80.9 Å². The highest BCUT2D eigenvalue weighted by molar-refractivity contribution is 5.73. The van der Waals surface area contributed by atoms with Crippen LogP contribution < -0.4 is 0 Å². The molecular weight excluding hydrogens is 268 g/mol. The van der Waals surface area contributed by atoms with Crippen LogP contribution in [0.3, 0.4) is 0 Å². The Bertz CT molecular complexity index is 502. The Balaban J connectivity index is 2.32. The van der Waals surface area contributed by atoms with Gasteiger partial charge in [-0.25, -0.2) is 4.68 Å². The molecule has 1 aliphatic carbocycles. The van der Waals surface area contributed by atoms with Gasteiger partial charge in [0.2, 0.25) is 0 Å². The van der Waals surface area contributed by atoms with Gasteiger partial charge in [0.1, 0.15) is 0 Å². The van der Waals surface area contributed by atoms with Crippen LogP contribution in [0.1, 0.15) is 65.6 Å². The summed E-state index contributed by atoms with van der Waals surface area (Å²) in [5.41, 5.74) is -0.853. The van der Waals surface area contributed by atoms with Crippen LogP contribution in [0, 0.1) is 11.3 Å². The second kappa shape index (κ2) is 5.73. The molecule has 1 aromatic rings. The van der Waals surface area contributed by atoms with E-state index in [2.05, 4.69) is 29.4 Å². The van der Waals surface area contributed by atoms with Gasteiger partial charge in [-0.15, -0.1) is 5.10 Å². The van der Waals surface area contributed by atoms with E-state index in [0.29, 0.717) is 12.5 Å². The zero-order valence-corrected chi connectivity index (χ0v) is 13.5. The number of rotatable bonds is 6. The minimum Gasteiger partial charge on any atom is -0.481 e. The Morgan fingerprint density at radius 1 is 1.38 bits per heavy atom. The van der Waals surface area contributed by atoms with Crippen molar-refractivity contribution in [2.75, 3.05) is 0 Å². The molecule has 0 bridgehead atoms. The predicted octanol–water partition coefficient (Wildman–Crippen LogP) is 2.64. The third-order valence-electron chi connectivity index (χ3n) is 4.49. The van der Waals surface area contributed by atoms with Crippen LogP contribution in [-0.2, 0) is 16.8 Å². The smallest absolute Gasteiger partial charge is 0.310 e. The summed E-state index contributed by atoms with van der Waals surface area (Å²) >= 11 is 0. The van der Waals surface area contributed by atoms with Crippen molar-refractivity contribution >= 4 is 5.97 Å². The molecule has 1 aromatic heterocycles. The molecule has 1 N–H and O–H groups in total. The molecule has 1 aliphatic rings. The minimum atomic E-state index is -0.873. The van der Waals surface area contributed by atoms with E-state index in [1.807, 2.05) is 0 Å². The summed E-state index contributed by atoms with van der Waals surface area (Å²) in [6.07, 6.45) is 5.64. The van der Waals surface area contributed by atoms with E-state index in [1.54, 1.807) is 18.5 Å². The van der Waals surface area contributed by atoms with Gasteiger partial charge in [0.15, 0.2) is 5.82 Å². The van der Waals surface area contributed by atoms with Gasteiger partial charge in [-0.2, -0.15) is 0 Å². The molecule has 6 nitrogen and oxygen atoms in total. The fourth-order valence-corrected chi connectivity index (χ4v) is 3.49. The first-order valence-corrected chi connectivity index (χ1v) is 7.77. The lowest BCUT2D eigenvalue weighted by atomic mass is 9.77. The zero-order chi connectivity index (χ0) is 15.7. The third-order valence-corrected chi connectivity index (χ3v) is 4.49. The molecule has 0 radical (unpaired) electrons. The molecule has 0 aliphatic heterocycles. The number of aromatic nitrogens is 4. The Labute approximate surface area is 125 Å². The molecule has 21 heavy (non-hydrogen) atoms. The number of carbonyl (C=O) groups is 1. The molecule has 1 fully saturated rings. The van der Waals surface area contributed by atoms with Gasteiger partial charge in [0.05, 0.1) is 12.0 Å². The van der Waals surface area contributed by atoms with Crippen molar-refractivity contribution in [3.05, 3.63) is 5.82 Å². The average molecular weight is 294 g/mol. The molecule has 1 heterocycles. The van der Waals surface area contributed by atoms with Gasteiger partial charge >= 0.3 is 5.97 Å². The van der Waals surface area contributed by atoms with Gasteiger partial charge in [0, 0.05) is 5.41 Å². The van der Waals surface area contributed by atoms with E-state index in [9.17, 15) is 9.90 Å². The van der Waals surface area contributed by atoms with Crippen LogP contribution in [0.15, 0.2) is 0 Å². The summed E-state index contributed by atoms with van der Waals surface area (Å²) in [7, 11) is 0. The fraction of sp³-hybridized carbons (Fsp3) is 0.867. The molecule has 0 spiro atoms. The Kier molecular flexibility index (Phi) is 4.35. The zero-order valence-electron chi connectivity index (χ0n) is 13.5. The monoisotopic (exact) mass is 294 g/mol. The molecule has 0 saturated heterocycles. The van der Waals surface area contributed by atoms with Crippen molar-refractivity contribution in [3.8, 4) is 0 Å². The second-order valence-corrected chi connectivity index (χ2v) is 7.43. The molecule has 6 heteroatoms. The van der Waals surface area contributed by atoms with E-state index in [4.69, 9.17) is 0 Å². The van der Waals surface area contributed by atoms with E-state index >= 15 is 0 Å². The van der Waals surface area contributed by atoms with Crippen LogP contribution in [-0.4, -0.2) is 31.3 Å². The third kappa shape index (κ3) is 3.24. The quantitative estimate of drug-likeness (QED) is 0.872. The summed E-state index contributed by atoms with van der Waals surface area (Å²) in [4.78, 5) is 11.4. The maximum atomic E-state index is 11.4. The molecule has 0 aromatic carbocycles. The van der Waals surface area contributed by atoms with Crippen molar-refractivity contribution in [3.63, 3.8) is 0 Å². The van der Waals surface area contributed by atoms with Crippen molar-refractivity contribution in [2.24, 2.45) is 11.3 Å². The van der Waals surface area contributed by atoms with Gasteiger partial charge in [-0.05, 0) is 49.5 Å². The normalized spacial score (nSPS) is 18.3. The summed E-state index contributed by atoms with van der Waals surface area (Å²) < 4.78 is 1.72. The summed E-state index contributed by atoms with van der Waals surface area (Å²) in [6, 6.07) is 0. The number of hydrogen-bond acceptors (Lipinski definition) is 4. The first-order chi connectivity index (χ1) is 9.77. The largest absolute Gasteiger partial charge is 0.481 e. The van der Waals surface area contributed by atoms with E-state index < -0.39 is 11.4 Å². The lowest BCUT2D eigenvalue weighted by Crippen LogP contribution is -2.34. The van der Waals surface area contributed by atoms with Gasteiger partial charge in [0.25, 0.3) is 0 Å². The van der Waals surface area contributed by atoms with Gasteiger partial charge in [-0.1, -0.05) is 26.7 Å². The Morgan fingerprint density at radius 2 is 2.00 bits per heavy atom. The summed E-state index contributed by atoms with van der Waals surface area (Å²) in [5, 5.41) is 21.5. The highest BCUT2D eigenvalue weighted by atomic mass is 16.4. The van der Waals surface area contributed by atoms with Crippen molar-refractivity contribution in [1.29, 1.82) is 0 Å². The number of tetrazole rings is 1. The number of hydrogen-bond donors (Lipinski definition) is 1. The van der Waals surface area contributed by atoms with Crippen molar-refractivity contribution in [2.45, 2.75) is 71.8 Å². The minimum absolute atomic E-state index is 0.0201. The number of nitrogens with zero attached hydrogens (tertiary/aromatic N) is 4. The Hall–Kier alpha value is -1.46. The number of aliphatic carboxylic acids is 1. The van der Waals surface area contributed by atoms with Crippen LogP contribution >= 0.6 is 0 Å². The van der Waals surface area contributed by atoms with E-state index in [0.717, 1.165) is 25.1 Å². The maximum Gasteiger partial charge on any atom is 0.310 e. The Morgan fingerprint density at radius 3 is 2.52 bits per heavy atom. The standard InChI is InChI=1S/C15H26N4O2/c1-11(2)9-15(7-5-6-8-15)12-16-17-18-19(12)10-14(3,4)13(20)21/h11H,5-10H2,1-4H3,(H,20,21). The van der Waals surface area contributed by atoms with Crippen LogP contribution in [0.5, 0.6) is 0 Å². The lowest BCUT2D eigenvalue weighted by Gasteiger charge is -2.30. The van der Waals surface area contributed by atoms with Crippen LogP contribution in [0.25, 0.3) is 0 Å². The van der Waals surface area contributed by atoms with Crippen molar-refractivity contribution < 1.29 is 9.90 Å². The first kappa shape index (κ1) is 15.9. The highest BCUT2D eigenvalue weighted by Gasteiger charge is 2.42. The highest BCUT2D eigenvalue weighted by Crippen LogP contribution is 2.44. The van der Waals surface area contributed by atoms with E-state index in [-0.39, 0.29) is 5.41 Å². The predicted molar refractivity (Wildman–Crippen MR) is 78.8 cm³/mol. The molecule has 2 rings (SSSR count). The van der Waals surface area contributed by atoms with Crippen molar-refractivity contribution in [1.82, 2.24) is 20.2 Å². The maximum absolute atomic E-state index is 11.4. The molecule has 118 valence electrons. The molecule has 0 unspecified atom stereocenters. The molecule has 0 amide bonds.